The molecule has 0 aromatic rings. The predicted molar refractivity (Wildman–Crippen MR) is 83.6 cm³/mol. The van der Waals surface area contributed by atoms with E-state index in [1.807, 2.05) is 0 Å². The second-order valence-electron chi connectivity index (χ2n) is 6.84. The quantitative estimate of drug-likeness (QED) is 0.705. The molecule has 0 aromatic carbocycles. The first kappa shape index (κ1) is 15.3. The predicted octanol–water partition coefficient (Wildman–Crippen LogP) is 3.81. The monoisotopic (exact) mass is 266 g/mol. The van der Waals surface area contributed by atoms with Crippen LogP contribution in [0.1, 0.15) is 71.6 Å². The van der Waals surface area contributed by atoms with Crippen LogP contribution in [0.3, 0.4) is 0 Å². The Hall–Kier alpha value is -0.0800. The maximum atomic E-state index is 3.73. The third-order valence-electron chi connectivity index (χ3n) is 5.86. The Labute approximate surface area is 120 Å². The second kappa shape index (κ2) is 7.64. The Bertz CT molecular complexity index is 232. The van der Waals surface area contributed by atoms with Crippen molar-refractivity contribution in [1.82, 2.24) is 10.2 Å². The van der Waals surface area contributed by atoms with Gasteiger partial charge in [-0.05, 0) is 63.7 Å². The molecule has 2 rings (SSSR count). The van der Waals surface area contributed by atoms with Gasteiger partial charge in [-0.15, -0.1) is 0 Å². The SMILES string of the molecule is CCC1(CC)CCN(CCCNC2CCCC2)CC1. The van der Waals surface area contributed by atoms with Gasteiger partial charge in [0.25, 0.3) is 0 Å². The number of likely N-dealkylation sites (tertiary alicyclic amines) is 1. The molecule has 0 amide bonds. The number of piperidine rings is 1. The van der Waals surface area contributed by atoms with Crippen molar-refractivity contribution in [2.45, 2.75) is 77.7 Å². The van der Waals surface area contributed by atoms with Crippen LogP contribution < -0.4 is 5.32 Å². The van der Waals surface area contributed by atoms with Crippen molar-refractivity contribution >= 4 is 0 Å². The van der Waals surface area contributed by atoms with Gasteiger partial charge in [-0.2, -0.15) is 0 Å². The molecule has 2 nitrogen and oxygen atoms in total. The Morgan fingerprint density at radius 2 is 1.68 bits per heavy atom. The Morgan fingerprint density at radius 3 is 2.26 bits per heavy atom. The molecule has 1 N–H and O–H groups in total. The molecule has 0 aromatic heterocycles. The number of rotatable bonds is 7. The summed E-state index contributed by atoms with van der Waals surface area (Å²) in [4.78, 5) is 2.69. The Kier molecular flexibility index (Phi) is 6.15. The lowest BCUT2D eigenvalue weighted by atomic mass is 9.74. The molecular formula is C17H34N2. The first-order chi connectivity index (χ1) is 9.28. The highest BCUT2D eigenvalue weighted by atomic mass is 15.1. The molecule has 0 atom stereocenters. The molecular weight excluding hydrogens is 232 g/mol. The number of hydrogen-bond acceptors (Lipinski definition) is 2. The van der Waals surface area contributed by atoms with Crippen LogP contribution in [0, 0.1) is 5.41 Å². The zero-order valence-electron chi connectivity index (χ0n) is 13.2. The Morgan fingerprint density at radius 1 is 1.05 bits per heavy atom. The van der Waals surface area contributed by atoms with Gasteiger partial charge in [-0.25, -0.2) is 0 Å². The van der Waals surface area contributed by atoms with E-state index in [1.54, 1.807) is 0 Å². The van der Waals surface area contributed by atoms with Crippen molar-refractivity contribution in [2.24, 2.45) is 5.41 Å². The summed E-state index contributed by atoms with van der Waals surface area (Å²) in [6, 6.07) is 0.842. The van der Waals surface area contributed by atoms with E-state index in [2.05, 4.69) is 24.1 Å². The smallest absolute Gasteiger partial charge is 0.00670 e. The molecule has 2 heteroatoms. The zero-order valence-corrected chi connectivity index (χ0v) is 13.2. The summed E-state index contributed by atoms with van der Waals surface area (Å²) in [5, 5.41) is 3.73. The van der Waals surface area contributed by atoms with Crippen molar-refractivity contribution in [3.8, 4) is 0 Å². The molecule has 112 valence electrons. The maximum absolute atomic E-state index is 3.73. The topological polar surface area (TPSA) is 15.3 Å². The van der Waals surface area contributed by atoms with Gasteiger partial charge < -0.3 is 10.2 Å². The van der Waals surface area contributed by atoms with Crippen LogP contribution >= 0.6 is 0 Å². The van der Waals surface area contributed by atoms with Crippen molar-refractivity contribution < 1.29 is 0 Å². The highest BCUT2D eigenvalue weighted by molar-refractivity contribution is 4.84. The zero-order chi connectivity index (χ0) is 13.6. The summed E-state index contributed by atoms with van der Waals surface area (Å²) in [5.74, 6) is 0. The average molecular weight is 266 g/mol. The number of hydrogen-bond donors (Lipinski definition) is 1. The normalized spacial score (nSPS) is 24.9. The molecule has 0 spiro atoms. The van der Waals surface area contributed by atoms with E-state index >= 15 is 0 Å². The van der Waals surface area contributed by atoms with Crippen LogP contribution in [0.4, 0.5) is 0 Å². The summed E-state index contributed by atoms with van der Waals surface area (Å²) in [7, 11) is 0. The minimum absolute atomic E-state index is 0.679. The van der Waals surface area contributed by atoms with E-state index in [9.17, 15) is 0 Å². The molecule has 1 aliphatic heterocycles. The second-order valence-corrected chi connectivity index (χ2v) is 6.84. The van der Waals surface area contributed by atoms with Crippen LogP contribution in [0.15, 0.2) is 0 Å². The molecule has 19 heavy (non-hydrogen) atoms. The average Bonchev–Trinajstić information content (AvgIpc) is 2.98. The van der Waals surface area contributed by atoms with Crippen LogP contribution in [0.25, 0.3) is 0 Å². The summed E-state index contributed by atoms with van der Waals surface area (Å²) < 4.78 is 0. The minimum Gasteiger partial charge on any atom is -0.314 e. The van der Waals surface area contributed by atoms with Gasteiger partial charge in [-0.1, -0.05) is 39.5 Å². The molecule has 2 fully saturated rings. The molecule has 0 radical (unpaired) electrons. The fraction of sp³-hybridized carbons (Fsp3) is 1.00. The van der Waals surface area contributed by atoms with Gasteiger partial charge in [0.15, 0.2) is 0 Å². The minimum atomic E-state index is 0.679. The van der Waals surface area contributed by atoms with Crippen LogP contribution in [0.5, 0.6) is 0 Å². The molecule has 2 aliphatic rings. The lowest BCUT2D eigenvalue weighted by Gasteiger charge is -2.41. The Balaban J connectivity index is 1.55. The van der Waals surface area contributed by atoms with Crippen molar-refractivity contribution in [2.75, 3.05) is 26.2 Å². The fourth-order valence-corrected chi connectivity index (χ4v) is 3.95. The van der Waals surface area contributed by atoms with Gasteiger partial charge in [0.2, 0.25) is 0 Å². The highest BCUT2D eigenvalue weighted by Crippen LogP contribution is 2.37. The van der Waals surface area contributed by atoms with Crippen LogP contribution in [0.2, 0.25) is 0 Å². The van der Waals surface area contributed by atoms with E-state index in [0.717, 1.165) is 6.04 Å². The van der Waals surface area contributed by atoms with Crippen molar-refractivity contribution in [1.29, 1.82) is 0 Å². The summed E-state index contributed by atoms with van der Waals surface area (Å²) in [6.45, 7) is 9.97. The third kappa shape index (κ3) is 4.46. The number of nitrogens with one attached hydrogen (secondary N) is 1. The summed E-state index contributed by atoms with van der Waals surface area (Å²) >= 11 is 0. The van der Waals surface area contributed by atoms with E-state index < -0.39 is 0 Å². The van der Waals surface area contributed by atoms with Crippen molar-refractivity contribution in [3.05, 3.63) is 0 Å². The maximum Gasteiger partial charge on any atom is 0.00670 e. The molecule has 0 bridgehead atoms. The van der Waals surface area contributed by atoms with E-state index in [-0.39, 0.29) is 0 Å². The van der Waals surface area contributed by atoms with Gasteiger partial charge in [0.1, 0.15) is 0 Å². The first-order valence-corrected chi connectivity index (χ1v) is 8.74. The van der Waals surface area contributed by atoms with Crippen molar-refractivity contribution in [3.63, 3.8) is 0 Å². The first-order valence-electron chi connectivity index (χ1n) is 8.74. The summed E-state index contributed by atoms with van der Waals surface area (Å²) in [6.07, 6.45) is 12.7. The van der Waals surface area contributed by atoms with Gasteiger partial charge >= 0.3 is 0 Å². The van der Waals surface area contributed by atoms with Gasteiger partial charge in [0.05, 0.1) is 0 Å². The largest absolute Gasteiger partial charge is 0.314 e. The van der Waals surface area contributed by atoms with E-state index in [1.165, 1.54) is 84.0 Å². The molecule has 1 saturated heterocycles. The molecule has 1 saturated carbocycles. The summed E-state index contributed by atoms with van der Waals surface area (Å²) in [5.41, 5.74) is 0.679. The standard InChI is InChI=1S/C17H34N2/c1-3-17(4-2)10-14-19(15-11-17)13-7-12-18-16-8-5-6-9-16/h16,18H,3-15H2,1-2H3. The molecule has 1 heterocycles. The van der Waals surface area contributed by atoms with E-state index in [0.29, 0.717) is 5.41 Å². The van der Waals surface area contributed by atoms with Gasteiger partial charge in [-0.3, -0.25) is 0 Å². The highest BCUT2D eigenvalue weighted by Gasteiger charge is 2.30. The number of nitrogens with zero attached hydrogens (tertiary/aromatic N) is 1. The van der Waals surface area contributed by atoms with Gasteiger partial charge in [0, 0.05) is 6.04 Å². The molecule has 1 aliphatic carbocycles. The third-order valence-corrected chi connectivity index (χ3v) is 5.86. The van der Waals surface area contributed by atoms with E-state index in [4.69, 9.17) is 0 Å². The lowest BCUT2D eigenvalue weighted by molar-refractivity contribution is 0.0946. The van der Waals surface area contributed by atoms with Crippen LogP contribution in [-0.4, -0.2) is 37.1 Å². The molecule has 0 unspecified atom stereocenters. The van der Waals surface area contributed by atoms with Crippen LogP contribution in [-0.2, 0) is 0 Å². The lowest BCUT2D eigenvalue weighted by Crippen LogP contribution is -2.40. The fourth-order valence-electron chi connectivity index (χ4n) is 3.95.